The van der Waals surface area contributed by atoms with Gasteiger partial charge in [0.25, 0.3) is 0 Å². The van der Waals surface area contributed by atoms with Crippen LogP contribution in [0.5, 0.6) is 0 Å². The number of nitrogens with zero attached hydrogens (tertiary/aromatic N) is 2. The molecule has 2 N–H and O–H groups in total. The quantitative estimate of drug-likeness (QED) is 0.767. The molecule has 0 amide bonds. The van der Waals surface area contributed by atoms with E-state index in [-0.39, 0.29) is 0 Å². The van der Waals surface area contributed by atoms with Crippen molar-refractivity contribution in [2.24, 2.45) is 5.73 Å². The van der Waals surface area contributed by atoms with Crippen molar-refractivity contribution in [2.45, 2.75) is 39.7 Å². The highest BCUT2D eigenvalue weighted by Gasteiger charge is 2.06. The first-order valence-electron chi connectivity index (χ1n) is 4.89. The Labute approximate surface area is 80.0 Å². The Hall–Kier alpha value is -0.830. The molecule has 13 heavy (non-hydrogen) atoms. The van der Waals surface area contributed by atoms with Crippen molar-refractivity contribution in [1.29, 1.82) is 0 Å². The lowest BCUT2D eigenvalue weighted by atomic mass is 10.2. The summed E-state index contributed by atoms with van der Waals surface area (Å²) in [5, 5.41) is 0. The molecule has 0 atom stereocenters. The zero-order valence-corrected chi connectivity index (χ0v) is 8.75. The minimum Gasteiger partial charge on any atom is -0.335 e. The summed E-state index contributed by atoms with van der Waals surface area (Å²) in [7, 11) is 0. The third kappa shape index (κ3) is 2.56. The average molecular weight is 181 g/mol. The van der Waals surface area contributed by atoms with E-state index in [0.717, 1.165) is 25.3 Å². The van der Waals surface area contributed by atoms with Gasteiger partial charge >= 0.3 is 0 Å². The van der Waals surface area contributed by atoms with Gasteiger partial charge in [-0.3, -0.25) is 0 Å². The van der Waals surface area contributed by atoms with Crippen molar-refractivity contribution >= 4 is 0 Å². The molecule has 0 radical (unpaired) electrons. The van der Waals surface area contributed by atoms with E-state index < -0.39 is 0 Å². The van der Waals surface area contributed by atoms with Crippen molar-refractivity contribution in [1.82, 2.24) is 9.55 Å². The fraction of sp³-hybridized carbons (Fsp3) is 0.700. The van der Waals surface area contributed by atoms with Crippen LogP contribution in [0.1, 0.15) is 37.7 Å². The van der Waals surface area contributed by atoms with E-state index in [2.05, 4.69) is 29.6 Å². The van der Waals surface area contributed by atoms with E-state index in [4.69, 9.17) is 5.73 Å². The first-order valence-corrected chi connectivity index (χ1v) is 4.89. The van der Waals surface area contributed by atoms with Crippen LogP contribution in [0.15, 0.2) is 6.20 Å². The van der Waals surface area contributed by atoms with Gasteiger partial charge in [0.15, 0.2) is 0 Å². The number of nitrogens with two attached hydrogens (primary N) is 1. The molecule has 0 aliphatic carbocycles. The van der Waals surface area contributed by atoms with Crippen LogP contribution in [0.25, 0.3) is 0 Å². The largest absolute Gasteiger partial charge is 0.335 e. The average Bonchev–Trinajstić information content (AvgIpc) is 2.44. The Morgan fingerprint density at radius 3 is 2.69 bits per heavy atom. The normalized spacial score (nSPS) is 11.2. The second-order valence-electron chi connectivity index (χ2n) is 3.70. The molecule has 0 bridgehead atoms. The first-order chi connectivity index (χ1) is 6.15. The molecule has 0 saturated heterocycles. The number of aryl methyl sites for hydroxylation is 2. The summed E-state index contributed by atoms with van der Waals surface area (Å²) >= 11 is 0. The van der Waals surface area contributed by atoms with Crippen molar-refractivity contribution in [3.63, 3.8) is 0 Å². The van der Waals surface area contributed by atoms with Crippen LogP contribution in [0.3, 0.4) is 0 Å². The molecule has 1 aromatic heterocycles. The molecule has 0 aliphatic heterocycles. The maximum Gasteiger partial charge on any atom is 0.105 e. The SMILES string of the molecule is Cc1nc(C(C)C)cn1CCCN. The van der Waals surface area contributed by atoms with Crippen LogP contribution < -0.4 is 5.73 Å². The van der Waals surface area contributed by atoms with Gasteiger partial charge in [0.05, 0.1) is 5.69 Å². The van der Waals surface area contributed by atoms with E-state index in [9.17, 15) is 0 Å². The number of rotatable bonds is 4. The Kier molecular flexibility index (Phi) is 3.48. The Balaban J connectivity index is 2.71. The monoisotopic (exact) mass is 181 g/mol. The third-order valence-electron chi connectivity index (χ3n) is 2.19. The van der Waals surface area contributed by atoms with Gasteiger partial charge in [-0.2, -0.15) is 0 Å². The molecule has 1 rings (SSSR count). The highest BCUT2D eigenvalue weighted by molar-refractivity contribution is 5.06. The van der Waals surface area contributed by atoms with Gasteiger partial charge in [0, 0.05) is 12.7 Å². The zero-order valence-electron chi connectivity index (χ0n) is 8.75. The van der Waals surface area contributed by atoms with Crippen LogP contribution in [0.4, 0.5) is 0 Å². The number of hydrogen-bond donors (Lipinski definition) is 1. The lowest BCUT2D eigenvalue weighted by Crippen LogP contribution is -2.06. The smallest absolute Gasteiger partial charge is 0.105 e. The molecular weight excluding hydrogens is 162 g/mol. The predicted molar refractivity (Wildman–Crippen MR) is 54.7 cm³/mol. The summed E-state index contributed by atoms with van der Waals surface area (Å²) < 4.78 is 2.18. The summed E-state index contributed by atoms with van der Waals surface area (Å²) in [6, 6.07) is 0. The van der Waals surface area contributed by atoms with E-state index in [0.29, 0.717) is 5.92 Å². The molecule has 0 aliphatic rings. The second-order valence-corrected chi connectivity index (χ2v) is 3.70. The van der Waals surface area contributed by atoms with Gasteiger partial charge in [-0.25, -0.2) is 4.98 Å². The topological polar surface area (TPSA) is 43.8 Å². The minimum atomic E-state index is 0.512. The maximum atomic E-state index is 5.46. The minimum absolute atomic E-state index is 0.512. The lowest BCUT2D eigenvalue weighted by Gasteiger charge is -2.01. The molecule has 0 unspecified atom stereocenters. The van der Waals surface area contributed by atoms with Gasteiger partial charge < -0.3 is 10.3 Å². The number of imidazole rings is 1. The van der Waals surface area contributed by atoms with Crippen LogP contribution in [0, 0.1) is 6.92 Å². The van der Waals surface area contributed by atoms with Gasteiger partial charge in [0.1, 0.15) is 5.82 Å². The van der Waals surface area contributed by atoms with Crippen LogP contribution in [0.2, 0.25) is 0 Å². The van der Waals surface area contributed by atoms with E-state index in [1.807, 2.05) is 6.92 Å². The van der Waals surface area contributed by atoms with Gasteiger partial charge in [-0.1, -0.05) is 13.8 Å². The van der Waals surface area contributed by atoms with Gasteiger partial charge in [-0.15, -0.1) is 0 Å². The van der Waals surface area contributed by atoms with Crippen LogP contribution in [-0.2, 0) is 6.54 Å². The third-order valence-corrected chi connectivity index (χ3v) is 2.19. The fourth-order valence-electron chi connectivity index (χ4n) is 1.30. The molecule has 0 aromatic carbocycles. The molecule has 0 spiro atoms. The number of hydrogen-bond acceptors (Lipinski definition) is 2. The van der Waals surface area contributed by atoms with Crippen molar-refractivity contribution in [2.75, 3.05) is 6.54 Å². The first kappa shape index (κ1) is 10.3. The Morgan fingerprint density at radius 1 is 1.54 bits per heavy atom. The van der Waals surface area contributed by atoms with Crippen molar-refractivity contribution in [3.05, 3.63) is 17.7 Å². The van der Waals surface area contributed by atoms with Gasteiger partial charge in [-0.05, 0) is 25.8 Å². The highest BCUT2D eigenvalue weighted by Crippen LogP contribution is 2.13. The molecule has 3 nitrogen and oxygen atoms in total. The molecule has 0 fully saturated rings. The molecule has 1 aromatic rings. The molecule has 1 heterocycles. The standard InChI is InChI=1S/C10H19N3/c1-8(2)10-7-13(6-4-5-11)9(3)12-10/h7-8H,4-6,11H2,1-3H3. The Bertz CT molecular complexity index is 263. The second kappa shape index (κ2) is 4.42. The van der Waals surface area contributed by atoms with Gasteiger partial charge in [0.2, 0.25) is 0 Å². The predicted octanol–water partition coefficient (Wildman–Crippen LogP) is 1.66. The summed E-state index contributed by atoms with van der Waals surface area (Å²) in [5.74, 6) is 1.61. The summed E-state index contributed by atoms with van der Waals surface area (Å²) in [6.45, 7) is 8.10. The van der Waals surface area contributed by atoms with Crippen LogP contribution in [-0.4, -0.2) is 16.1 Å². The molecule has 3 heteroatoms. The molecule has 0 saturated carbocycles. The Morgan fingerprint density at radius 2 is 2.23 bits per heavy atom. The summed E-state index contributed by atoms with van der Waals surface area (Å²) in [6.07, 6.45) is 3.16. The summed E-state index contributed by atoms with van der Waals surface area (Å²) in [4.78, 5) is 4.49. The summed E-state index contributed by atoms with van der Waals surface area (Å²) in [5.41, 5.74) is 6.63. The molecular formula is C10H19N3. The van der Waals surface area contributed by atoms with Crippen molar-refractivity contribution < 1.29 is 0 Å². The van der Waals surface area contributed by atoms with E-state index in [1.54, 1.807) is 0 Å². The number of aromatic nitrogens is 2. The van der Waals surface area contributed by atoms with Crippen molar-refractivity contribution in [3.8, 4) is 0 Å². The maximum absolute atomic E-state index is 5.46. The zero-order chi connectivity index (χ0) is 9.84. The van der Waals surface area contributed by atoms with E-state index in [1.165, 1.54) is 5.69 Å². The van der Waals surface area contributed by atoms with Crippen LogP contribution >= 0.6 is 0 Å². The van der Waals surface area contributed by atoms with E-state index >= 15 is 0 Å². The lowest BCUT2D eigenvalue weighted by molar-refractivity contribution is 0.632. The fourth-order valence-corrected chi connectivity index (χ4v) is 1.30. The highest BCUT2D eigenvalue weighted by atomic mass is 15.1. The molecule has 74 valence electrons.